The normalized spacial score (nSPS) is 16.4. The van der Waals surface area contributed by atoms with E-state index >= 15 is 0 Å². The molecule has 0 spiro atoms. The van der Waals surface area contributed by atoms with E-state index in [2.05, 4.69) is 54.8 Å². The van der Waals surface area contributed by atoms with Gasteiger partial charge in [0, 0.05) is 12.6 Å². The molecule has 1 aliphatic heterocycles. The largest absolute Gasteiger partial charge is 0.487 e. The third-order valence-corrected chi connectivity index (χ3v) is 4.09. The van der Waals surface area contributed by atoms with Crippen molar-refractivity contribution in [1.29, 1.82) is 0 Å². The zero-order chi connectivity index (χ0) is 16.1. The van der Waals surface area contributed by atoms with Crippen LogP contribution < -0.4 is 15.4 Å². The van der Waals surface area contributed by atoms with Crippen molar-refractivity contribution >= 4 is 11.4 Å². The highest BCUT2D eigenvalue weighted by Gasteiger charge is 2.21. The standard InChI is InChI=1S/C20H25N2O/c1-15(2)11-12-21-18-9-6-10-19-20(18)23-14-17(22-19)13-16-7-4-3-5-8-16/h3-9,15,17,21-22H,11-14H2,1-2H3. The van der Waals surface area contributed by atoms with Crippen molar-refractivity contribution in [3.63, 3.8) is 0 Å². The summed E-state index contributed by atoms with van der Waals surface area (Å²) in [6, 6.07) is 18.1. The lowest BCUT2D eigenvalue weighted by Crippen LogP contribution is -2.33. The van der Waals surface area contributed by atoms with Crippen LogP contribution in [-0.2, 0) is 6.42 Å². The molecule has 1 aliphatic rings. The molecule has 23 heavy (non-hydrogen) atoms. The number of rotatable bonds is 6. The maximum Gasteiger partial charge on any atom is 0.166 e. The maximum absolute atomic E-state index is 6.04. The fourth-order valence-corrected chi connectivity index (χ4v) is 2.81. The monoisotopic (exact) mass is 309 g/mol. The minimum absolute atomic E-state index is 0.284. The summed E-state index contributed by atoms with van der Waals surface area (Å²) < 4.78 is 6.04. The molecule has 1 unspecified atom stereocenters. The molecule has 0 saturated carbocycles. The van der Waals surface area contributed by atoms with Crippen molar-refractivity contribution in [2.24, 2.45) is 5.92 Å². The third-order valence-electron chi connectivity index (χ3n) is 4.09. The summed E-state index contributed by atoms with van der Waals surface area (Å²) in [7, 11) is 0. The molecule has 3 rings (SSSR count). The topological polar surface area (TPSA) is 33.3 Å². The highest BCUT2D eigenvalue weighted by atomic mass is 16.5. The van der Waals surface area contributed by atoms with Crippen LogP contribution in [0, 0.1) is 12.0 Å². The molecule has 3 heteroatoms. The Bertz CT molecular complexity index is 625. The lowest BCUT2D eigenvalue weighted by Gasteiger charge is -2.29. The highest BCUT2D eigenvalue weighted by molar-refractivity contribution is 5.71. The summed E-state index contributed by atoms with van der Waals surface area (Å²) in [5.74, 6) is 1.60. The van der Waals surface area contributed by atoms with E-state index in [1.54, 1.807) is 0 Å². The number of anilines is 2. The Hall–Kier alpha value is -2.16. The van der Waals surface area contributed by atoms with Gasteiger partial charge in [-0.05, 0) is 36.5 Å². The van der Waals surface area contributed by atoms with Crippen LogP contribution in [-0.4, -0.2) is 19.2 Å². The molecule has 2 N–H and O–H groups in total. The smallest absolute Gasteiger partial charge is 0.166 e. The van der Waals surface area contributed by atoms with Crippen LogP contribution in [0.1, 0.15) is 25.8 Å². The Morgan fingerprint density at radius 3 is 2.87 bits per heavy atom. The predicted molar refractivity (Wildman–Crippen MR) is 96.3 cm³/mol. The number of nitrogens with one attached hydrogen (secondary N) is 2. The Kier molecular flexibility index (Phi) is 5.06. The van der Waals surface area contributed by atoms with Crippen molar-refractivity contribution in [3.8, 4) is 5.75 Å². The van der Waals surface area contributed by atoms with Crippen molar-refractivity contribution in [2.75, 3.05) is 23.8 Å². The van der Waals surface area contributed by atoms with E-state index in [0.29, 0.717) is 12.5 Å². The van der Waals surface area contributed by atoms with Crippen molar-refractivity contribution in [3.05, 3.63) is 54.1 Å². The van der Waals surface area contributed by atoms with Gasteiger partial charge >= 0.3 is 0 Å². The summed E-state index contributed by atoms with van der Waals surface area (Å²) >= 11 is 0. The van der Waals surface area contributed by atoms with E-state index in [1.165, 1.54) is 5.56 Å². The zero-order valence-corrected chi connectivity index (χ0v) is 13.9. The van der Waals surface area contributed by atoms with Gasteiger partial charge in [0.15, 0.2) is 5.75 Å². The first-order valence-corrected chi connectivity index (χ1v) is 8.44. The van der Waals surface area contributed by atoms with Crippen molar-refractivity contribution in [1.82, 2.24) is 0 Å². The third kappa shape index (κ3) is 4.19. The van der Waals surface area contributed by atoms with Crippen LogP contribution in [0.3, 0.4) is 0 Å². The van der Waals surface area contributed by atoms with Crippen LogP contribution in [0.15, 0.2) is 42.5 Å². The van der Waals surface area contributed by atoms with E-state index in [0.717, 1.165) is 36.5 Å². The van der Waals surface area contributed by atoms with Gasteiger partial charge < -0.3 is 15.4 Å². The van der Waals surface area contributed by atoms with E-state index in [4.69, 9.17) is 4.74 Å². The Morgan fingerprint density at radius 1 is 1.26 bits per heavy atom. The van der Waals surface area contributed by atoms with Crippen LogP contribution in [0.25, 0.3) is 0 Å². The quantitative estimate of drug-likeness (QED) is 0.832. The first-order valence-electron chi connectivity index (χ1n) is 8.44. The summed E-state index contributed by atoms with van der Waals surface area (Å²) in [4.78, 5) is 0. The summed E-state index contributed by atoms with van der Waals surface area (Å²) in [5, 5.41) is 7.05. The fourth-order valence-electron chi connectivity index (χ4n) is 2.81. The lowest BCUT2D eigenvalue weighted by atomic mass is 10.0. The van der Waals surface area contributed by atoms with E-state index < -0.39 is 0 Å². The second kappa shape index (κ2) is 7.40. The van der Waals surface area contributed by atoms with Gasteiger partial charge in [-0.3, -0.25) is 0 Å². The molecule has 3 nitrogen and oxygen atoms in total. The average Bonchev–Trinajstić information content (AvgIpc) is 2.55. The first-order chi connectivity index (χ1) is 11.2. The number of hydrogen-bond acceptors (Lipinski definition) is 3. The molecule has 0 bridgehead atoms. The molecule has 0 aromatic heterocycles. The second-order valence-corrected chi connectivity index (χ2v) is 6.55. The zero-order valence-electron chi connectivity index (χ0n) is 13.9. The number of benzene rings is 2. The van der Waals surface area contributed by atoms with Gasteiger partial charge in [-0.25, -0.2) is 0 Å². The second-order valence-electron chi connectivity index (χ2n) is 6.55. The highest BCUT2D eigenvalue weighted by Crippen LogP contribution is 2.36. The Labute approximate surface area is 139 Å². The lowest BCUT2D eigenvalue weighted by molar-refractivity contribution is 0.285. The number of fused-ring (bicyclic) bond motifs is 1. The summed E-state index contributed by atoms with van der Waals surface area (Å²) in [6.45, 7) is 6.12. The van der Waals surface area contributed by atoms with Gasteiger partial charge in [-0.1, -0.05) is 44.2 Å². The Balaban J connectivity index is 1.65. The van der Waals surface area contributed by atoms with E-state index in [9.17, 15) is 0 Å². The molecule has 0 fully saturated rings. The van der Waals surface area contributed by atoms with Crippen molar-refractivity contribution in [2.45, 2.75) is 32.7 Å². The molecule has 1 atom stereocenters. The van der Waals surface area contributed by atoms with Crippen molar-refractivity contribution < 1.29 is 4.74 Å². The average molecular weight is 309 g/mol. The minimum Gasteiger partial charge on any atom is -0.487 e. The predicted octanol–water partition coefficient (Wildman–Crippen LogP) is 4.36. The number of ether oxygens (including phenoxy) is 1. The van der Waals surface area contributed by atoms with Crippen LogP contribution >= 0.6 is 0 Å². The SMILES string of the molecule is CC(C)CCNc1cc[c]c2c1OCC(Cc1ccccc1)N2. The molecule has 2 aromatic rings. The van der Waals surface area contributed by atoms with E-state index in [-0.39, 0.29) is 6.04 Å². The first kappa shape index (κ1) is 15.7. The maximum atomic E-state index is 6.04. The molecular weight excluding hydrogens is 284 g/mol. The van der Waals surface area contributed by atoms with E-state index in [1.807, 2.05) is 18.2 Å². The Morgan fingerprint density at radius 2 is 2.09 bits per heavy atom. The molecule has 0 amide bonds. The number of hydrogen-bond donors (Lipinski definition) is 2. The van der Waals surface area contributed by atoms with Gasteiger partial charge in [-0.15, -0.1) is 0 Å². The van der Waals surface area contributed by atoms with Crippen LogP contribution in [0.2, 0.25) is 0 Å². The molecule has 0 saturated heterocycles. The molecule has 1 heterocycles. The minimum atomic E-state index is 0.284. The summed E-state index contributed by atoms with van der Waals surface area (Å²) in [5.41, 5.74) is 3.35. The molecule has 0 aliphatic carbocycles. The molecule has 1 radical (unpaired) electrons. The molecular formula is C20H25N2O. The van der Waals surface area contributed by atoms with Gasteiger partial charge in [-0.2, -0.15) is 0 Å². The van der Waals surface area contributed by atoms with Crippen LogP contribution in [0.5, 0.6) is 5.75 Å². The molecule has 121 valence electrons. The fraction of sp³-hybridized carbons (Fsp3) is 0.400. The van der Waals surface area contributed by atoms with Gasteiger partial charge in [0.05, 0.1) is 17.4 Å². The van der Waals surface area contributed by atoms with Gasteiger partial charge in [0.2, 0.25) is 0 Å². The van der Waals surface area contributed by atoms with Gasteiger partial charge in [0.1, 0.15) is 6.61 Å². The van der Waals surface area contributed by atoms with Crippen LogP contribution in [0.4, 0.5) is 11.4 Å². The molecule has 2 aromatic carbocycles. The van der Waals surface area contributed by atoms with Gasteiger partial charge in [0.25, 0.3) is 0 Å². The summed E-state index contributed by atoms with van der Waals surface area (Å²) in [6.07, 6.45) is 2.11.